The zero-order valence-corrected chi connectivity index (χ0v) is 11.9. The van der Waals surface area contributed by atoms with Gasteiger partial charge in [0.1, 0.15) is 11.6 Å². The van der Waals surface area contributed by atoms with E-state index in [1.165, 1.54) is 7.05 Å². The molecule has 1 aliphatic rings. The van der Waals surface area contributed by atoms with Crippen molar-refractivity contribution in [1.29, 1.82) is 0 Å². The van der Waals surface area contributed by atoms with Gasteiger partial charge >= 0.3 is 0 Å². The molecule has 1 saturated carbocycles. The molecule has 1 fully saturated rings. The van der Waals surface area contributed by atoms with Crippen LogP contribution in [0.4, 0.5) is 8.78 Å². The van der Waals surface area contributed by atoms with Gasteiger partial charge in [-0.3, -0.25) is 0 Å². The molecular formula is C13H17F2NO3S. The van der Waals surface area contributed by atoms with Gasteiger partial charge in [0.15, 0.2) is 4.90 Å². The van der Waals surface area contributed by atoms with E-state index in [1.54, 1.807) is 0 Å². The molecule has 0 aliphatic heterocycles. The summed E-state index contributed by atoms with van der Waals surface area (Å²) >= 11 is 0. The van der Waals surface area contributed by atoms with Crippen molar-refractivity contribution in [3.63, 3.8) is 0 Å². The Hall–Kier alpha value is -1.05. The van der Waals surface area contributed by atoms with Crippen LogP contribution in [-0.4, -0.2) is 37.5 Å². The molecule has 2 rings (SSSR count). The summed E-state index contributed by atoms with van der Waals surface area (Å²) in [6.45, 7) is 0.0529. The molecule has 0 aromatic heterocycles. The average Bonchev–Trinajstić information content (AvgIpc) is 2.74. The topological polar surface area (TPSA) is 57.6 Å². The first-order valence-corrected chi connectivity index (χ1v) is 7.86. The van der Waals surface area contributed by atoms with Crippen LogP contribution < -0.4 is 0 Å². The third-order valence-electron chi connectivity index (χ3n) is 3.70. The molecule has 0 radical (unpaired) electrons. The van der Waals surface area contributed by atoms with Gasteiger partial charge in [-0.2, -0.15) is 0 Å². The number of sulfonamides is 1. The molecule has 2 atom stereocenters. The smallest absolute Gasteiger partial charge is 0.248 e. The monoisotopic (exact) mass is 305 g/mol. The highest BCUT2D eigenvalue weighted by atomic mass is 32.2. The molecule has 4 nitrogen and oxygen atoms in total. The molecule has 0 bridgehead atoms. The summed E-state index contributed by atoms with van der Waals surface area (Å²) in [5.41, 5.74) is 0. The fraction of sp³-hybridized carbons (Fsp3) is 0.538. The fourth-order valence-electron chi connectivity index (χ4n) is 2.54. The summed E-state index contributed by atoms with van der Waals surface area (Å²) in [5, 5.41) is 9.71. The second-order valence-electron chi connectivity index (χ2n) is 5.09. The molecule has 2 unspecified atom stereocenters. The van der Waals surface area contributed by atoms with Crippen LogP contribution in [0.2, 0.25) is 0 Å². The van der Waals surface area contributed by atoms with Crippen LogP contribution in [0.3, 0.4) is 0 Å². The van der Waals surface area contributed by atoms with Gasteiger partial charge in [-0.05, 0) is 30.9 Å². The quantitative estimate of drug-likeness (QED) is 0.922. The van der Waals surface area contributed by atoms with E-state index in [0.29, 0.717) is 12.8 Å². The van der Waals surface area contributed by atoms with Crippen molar-refractivity contribution >= 4 is 10.0 Å². The molecule has 1 aromatic rings. The van der Waals surface area contributed by atoms with Crippen molar-refractivity contribution in [3.05, 3.63) is 29.8 Å². The van der Waals surface area contributed by atoms with Gasteiger partial charge < -0.3 is 5.11 Å². The Kier molecular flexibility index (Phi) is 4.41. The maximum Gasteiger partial charge on any atom is 0.248 e. The van der Waals surface area contributed by atoms with Crippen molar-refractivity contribution in [1.82, 2.24) is 4.31 Å². The number of halogens is 2. The Balaban J connectivity index is 2.26. The Morgan fingerprint density at radius 1 is 1.30 bits per heavy atom. The van der Waals surface area contributed by atoms with E-state index in [9.17, 15) is 22.3 Å². The summed E-state index contributed by atoms with van der Waals surface area (Å²) in [6, 6.07) is 2.94. The van der Waals surface area contributed by atoms with Gasteiger partial charge in [0.05, 0.1) is 6.10 Å². The first-order valence-electron chi connectivity index (χ1n) is 6.42. The summed E-state index contributed by atoms with van der Waals surface area (Å²) in [4.78, 5) is -0.935. The van der Waals surface area contributed by atoms with E-state index in [4.69, 9.17) is 0 Å². The Morgan fingerprint density at radius 2 is 1.90 bits per heavy atom. The van der Waals surface area contributed by atoms with E-state index in [0.717, 1.165) is 28.9 Å². The molecule has 0 saturated heterocycles. The van der Waals surface area contributed by atoms with Gasteiger partial charge in [-0.15, -0.1) is 0 Å². The van der Waals surface area contributed by atoms with Crippen LogP contribution in [0.15, 0.2) is 23.1 Å². The molecular weight excluding hydrogens is 288 g/mol. The third-order valence-corrected chi connectivity index (χ3v) is 5.57. The van der Waals surface area contributed by atoms with Crippen LogP contribution in [-0.2, 0) is 10.0 Å². The number of rotatable bonds is 4. The third kappa shape index (κ3) is 2.84. The highest BCUT2D eigenvalue weighted by Gasteiger charge is 2.33. The molecule has 1 N–H and O–H groups in total. The predicted molar refractivity (Wildman–Crippen MR) is 69.5 cm³/mol. The maximum atomic E-state index is 13.6. The van der Waals surface area contributed by atoms with Crippen LogP contribution in [0.1, 0.15) is 19.3 Å². The summed E-state index contributed by atoms with van der Waals surface area (Å²) < 4.78 is 52.6. The SMILES string of the molecule is CN(CC1CCCC1O)S(=O)(=O)c1c(F)cccc1F. The standard InChI is InChI=1S/C13H17F2NO3S/c1-16(8-9-4-2-7-12(9)17)20(18,19)13-10(14)5-3-6-11(13)15/h3,5-6,9,12,17H,2,4,7-8H2,1H3. The number of hydrogen-bond donors (Lipinski definition) is 1. The van der Waals surface area contributed by atoms with Crippen molar-refractivity contribution in [2.75, 3.05) is 13.6 Å². The van der Waals surface area contributed by atoms with E-state index < -0.39 is 32.7 Å². The lowest BCUT2D eigenvalue weighted by atomic mass is 10.1. The molecule has 1 aliphatic carbocycles. The van der Waals surface area contributed by atoms with Crippen molar-refractivity contribution in [2.45, 2.75) is 30.3 Å². The van der Waals surface area contributed by atoms with Gasteiger partial charge in [0, 0.05) is 13.6 Å². The number of hydrogen-bond acceptors (Lipinski definition) is 3. The molecule has 7 heteroatoms. The largest absolute Gasteiger partial charge is 0.393 e. The van der Waals surface area contributed by atoms with Gasteiger partial charge in [0.2, 0.25) is 10.0 Å². The first-order chi connectivity index (χ1) is 9.34. The molecule has 112 valence electrons. The number of aliphatic hydroxyl groups excluding tert-OH is 1. The minimum atomic E-state index is -4.24. The number of benzene rings is 1. The zero-order chi connectivity index (χ0) is 14.9. The molecule has 1 aromatic carbocycles. The first kappa shape index (κ1) is 15.3. The maximum absolute atomic E-state index is 13.6. The second-order valence-corrected chi connectivity index (χ2v) is 7.08. The fourth-order valence-corrected chi connectivity index (χ4v) is 3.87. The lowest BCUT2D eigenvalue weighted by Gasteiger charge is -2.23. The summed E-state index contributed by atoms with van der Waals surface area (Å²) in [7, 11) is -2.97. The molecule has 20 heavy (non-hydrogen) atoms. The van der Waals surface area contributed by atoms with Crippen LogP contribution in [0.25, 0.3) is 0 Å². The Bertz CT molecular complexity index is 571. The van der Waals surface area contributed by atoms with E-state index in [2.05, 4.69) is 0 Å². The average molecular weight is 305 g/mol. The minimum absolute atomic E-state index is 0.0529. The summed E-state index contributed by atoms with van der Waals surface area (Å²) in [5.74, 6) is -2.41. The molecule has 0 spiro atoms. The Labute approximate surface area is 117 Å². The molecule has 0 amide bonds. The van der Waals surface area contributed by atoms with E-state index >= 15 is 0 Å². The highest BCUT2D eigenvalue weighted by molar-refractivity contribution is 7.89. The van der Waals surface area contributed by atoms with Crippen LogP contribution >= 0.6 is 0 Å². The van der Waals surface area contributed by atoms with Crippen molar-refractivity contribution in [3.8, 4) is 0 Å². The van der Waals surface area contributed by atoms with Crippen molar-refractivity contribution < 1.29 is 22.3 Å². The van der Waals surface area contributed by atoms with Crippen molar-refractivity contribution in [2.24, 2.45) is 5.92 Å². The molecule has 0 heterocycles. The Morgan fingerprint density at radius 3 is 2.40 bits per heavy atom. The normalized spacial score (nSPS) is 23.4. The highest BCUT2D eigenvalue weighted by Crippen LogP contribution is 2.28. The van der Waals surface area contributed by atoms with Crippen LogP contribution in [0, 0.1) is 17.6 Å². The van der Waals surface area contributed by atoms with Gasteiger partial charge in [-0.25, -0.2) is 21.5 Å². The van der Waals surface area contributed by atoms with Crippen LogP contribution in [0.5, 0.6) is 0 Å². The summed E-state index contributed by atoms with van der Waals surface area (Å²) in [6.07, 6.45) is 1.61. The van der Waals surface area contributed by atoms with E-state index in [1.807, 2.05) is 0 Å². The predicted octanol–water partition coefficient (Wildman–Crippen LogP) is 1.75. The zero-order valence-electron chi connectivity index (χ0n) is 11.1. The van der Waals surface area contributed by atoms with E-state index in [-0.39, 0.29) is 12.5 Å². The second kappa shape index (κ2) is 5.75. The number of nitrogens with zero attached hydrogens (tertiary/aromatic N) is 1. The van der Waals surface area contributed by atoms with Gasteiger partial charge in [-0.1, -0.05) is 12.5 Å². The minimum Gasteiger partial charge on any atom is -0.393 e. The lowest BCUT2D eigenvalue weighted by molar-refractivity contribution is 0.123. The lowest BCUT2D eigenvalue weighted by Crippen LogP contribution is -2.35. The number of aliphatic hydroxyl groups is 1. The van der Waals surface area contributed by atoms with Gasteiger partial charge in [0.25, 0.3) is 0 Å².